The number of aliphatic hydroxyl groups excluding tert-OH is 1. The molecule has 1 aliphatic rings. The first kappa shape index (κ1) is 14.6. The fourth-order valence-corrected chi connectivity index (χ4v) is 3.89. The van der Waals surface area contributed by atoms with Crippen molar-refractivity contribution in [3.63, 3.8) is 0 Å². The van der Waals surface area contributed by atoms with Gasteiger partial charge in [0.05, 0.1) is 11.8 Å². The maximum atomic E-state index is 12.3. The van der Waals surface area contributed by atoms with Gasteiger partial charge in [-0.3, -0.25) is 0 Å². The van der Waals surface area contributed by atoms with Crippen molar-refractivity contribution in [3.05, 3.63) is 23.2 Å². The highest BCUT2D eigenvalue weighted by Gasteiger charge is 2.49. The highest BCUT2D eigenvalue weighted by molar-refractivity contribution is 7.89. The molecule has 5 nitrogen and oxygen atoms in total. The van der Waals surface area contributed by atoms with Crippen LogP contribution in [0.3, 0.4) is 0 Å². The van der Waals surface area contributed by atoms with Crippen molar-refractivity contribution in [2.75, 3.05) is 5.73 Å². The number of aliphatic hydroxyl groups is 1. The number of hydrogen-bond donors (Lipinski definition) is 3. The molecular formula is C12H17ClN2O3S. The molecule has 7 heteroatoms. The molecule has 1 fully saturated rings. The van der Waals surface area contributed by atoms with E-state index in [4.69, 9.17) is 17.3 Å². The maximum Gasteiger partial charge on any atom is 0.242 e. The van der Waals surface area contributed by atoms with Crippen LogP contribution >= 0.6 is 11.6 Å². The average Bonchev–Trinajstić information content (AvgIpc) is 2.31. The summed E-state index contributed by atoms with van der Waals surface area (Å²) >= 11 is 5.80. The first-order valence-electron chi connectivity index (χ1n) is 5.90. The van der Waals surface area contributed by atoms with Gasteiger partial charge in [0.25, 0.3) is 0 Å². The predicted molar refractivity (Wildman–Crippen MR) is 74.4 cm³/mol. The molecule has 0 radical (unpaired) electrons. The van der Waals surface area contributed by atoms with E-state index in [2.05, 4.69) is 4.72 Å². The van der Waals surface area contributed by atoms with Crippen LogP contribution in [0.15, 0.2) is 23.1 Å². The summed E-state index contributed by atoms with van der Waals surface area (Å²) in [6.45, 7) is 3.63. The lowest BCUT2D eigenvalue weighted by molar-refractivity contribution is -0.0645. The third kappa shape index (κ3) is 2.58. The van der Waals surface area contributed by atoms with Gasteiger partial charge in [-0.05, 0) is 24.6 Å². The molecule has 0 saturated heterocycles. The van der Waals surface area contributed by atoms with Crippen LogP contribution in [0.4, 0.5) is 5.69 Å². The van der Waals surface area contributed by atoms with Crippen LogP contribution in [0.1, 0.15) is 20.3 Å². The van der Waals surface area contributed by atoms with E-state index in [0.717, 1.165) is 0 Å². The molecule has 1 aromatic carbocycles. The lowest BCUT2D eigenvalue weighted by atomic mass is 9.65. The number of nitrogen functional groups attached to an aromatic ring is 1. The number of sulfonamides is 1. The molecule has 2 unspecified atom stereocenters. The summed E-state index contributed by atoms with van der Waals surface area (Å²) in [5.74, 6) is 0. The van der Waals surface area contributed by atoms with Crippen molar-refractivity contribution in [2.45, 2.75) is 37.3 Å². The third-order valence-electron chi connectivity index (χ3n) is 3.78. The number of halogens is 1. The van der Waals surface area contributed by atoms with Gasteiger partial charge in [-0.1, -0.05) is 25.4 Å². The monoisotopic (exact) mass is 304 g/mol. The van der Waals surface area contributed by atoms with Gasteiger partial charge in [-0.25, -0.2) is 13.1 Å². The molecule has 1 aromatic rings. The zero-order valence-corrected chi connectivity index (χ0v) is 12.3. The molecule has 0 heterocycles. The van der Waals surface area contributed by atoms with E-state index in [1.807, 2.05) is 13.8 Å². The van der Waals surface area contributed by atoms with E-state index >= 15 is 0 Å². The zero-order chi connectivity index (χ0) is 14.4. The Kier molecular flexibility index (Phi) is 3.55. The topological polar surface area (TPSA) is 92.4 Å². The minimum atomic E-state index is -3.74. The minimum Gasteiger partial charge on any atom is -0.398 e. The lowest BCUT2D eigenvalue weighted by Crippen LogP contribution is -2.61. The van der Waals surface area contributed by atoms with Crippen LogP contribution in [0.2, 0.25) is 5.02 Å². The molecule has 2 atom stereocenters. The quantitative estimate of drug-likeness (QED) is 0.735. The average molecular weight is 305 g/mol. The molecule has 0 amide bonds. The van der Waals surface area contributed by atoms with Gasteiger partial charge in [-0.2, -0.15) is 0 Å². The van der Waals surface area contributed by atoms with E-state index in [1.165, 1.54) is 18.2 Å². The van der Waals surface area contributed by atoms with Crippen LogP contribution < -0.4 is 10.5 Å². The van der Waals surface area contributed by atoms with Crippen molar-refractivity contribution in [3.8, 4) is 0 Å². The second kappa shape index (κ2) is 4.63. The maximum absolute atomic E-state index is 12.3. The largest absolute Gasteiger partial charge is 0.398 e. The molecule has 19 heavy (non-hydrogen) atoms. The van der Waals surface area contributed by atoms with E-state index in [1.54, 1.807) is 0 Å². The molecule has 1 saturated carbocycles. The summed E-state index contributed by atoms with van der Waals surface area (Å²) in [5, 5.41) is 9.94. The van der Waals surface area contributed by atoms with Crippen LogP contribution in [0, 0.1) is 5.41 Å². The van der Waals surface area contributed by atoms with Gasteiger partial charge in [0.15, 0.2) is 0 Å². The summed E-state index contributed by atoms with van der Waals surface area (Å²) in [6.07, 6.45) is -0.107. The minimum absolute atomic E-state index is 0.0304. The van der Waals surface area contributed by atoms with Gasteiger partial charge >= 0.3 is 0 Å². The third-order valence-corrected chi connectivity index (χ3v) is 5.54. The molecule has 2 rings (SSSR count). The van der Waals surface area contributed by atoms with Crippen molar-refractivity contribution in [2.24, 2.45) is 5.41 Å². The van der Waals surface area contributed by atoms with Gasteiger partial charge in [0.2, 0.25) is 10.0 Å². The van der Waals surface area contributed by atoms with Gasteiger partial charge < -0.3 is 10.8 Å². The fourth-order valence-electron chi connectivity index (χ4n) is 2.09. The number of hydrogen-bond acceptors (Lipinski definition) is 4. The van der Waals surface area contributed by atoms with E-state index in [0.29, 0.717) is 11.4 Å². The Morgan fingerprint density at radius 3 is 2.63 bits per heavy atom. The van der Waals surface area contributed by atoms with E-state index in [9.17, 15) is 13.5 Å². The van der Waals surface area contributed by atoms with Gasteiger partial charge in [0.1, 0.15) is 4.90 Å². The summed E-state index contributed by atoms with van der Waals surface area (Å²) in [5.41, 5.74) is 5.34. The molecular weight excluding hydrogens is 288 g/mol. The summed E-state index contributed by atoms with van der Waals surface area (Å²) in [7, 11) is -3.74. The predicted octanol–water partition coefficient (Wildman–Crippen LogP) is 1.36. The van der Waals surface area contributed by atoms with Gasteiger partial charge in [0, 0.05) is 16.5 Å². The zero-order valence-electron chi connectivity index (χ0n) is 10.7. The molecule has 1 aliphatic carbocycles. The Morgan fingerprint density at radius 1 is 1.47 bits per heavy atom. The Labute approximate surface area is 117 Å². The number of benzene rings is 1. The molecule has 0 aliphatic heterocycles. The van der Waals surface area contributed by atoms with Crippen LogP contribution in [0.5, 0.6) is 0 Å². The molecule has 4 N–H and O–H groups in total. The highest BCUT2D eigenvalue weighted by Crippen LogP contribution is 2.41. The van der Waals surface area contributed by atoms with Crippen LogP contribution in [-0.2, 0) is 10.0 Å². The standard InChI is InChI=1S/C12H17ClN2O3S/c1-12(2)10(6-11(12)16)15-19(17,18)9-5-7(13)3-4-8(9)14/h3-5,10-11,15-16H,6,14H2,1-2H3. The first-order chi connectivity index (χ1) is 8.64. The van der Waals surface area contributed by atoms with Crippen molar-refractivity contribution < 1.29 is 13.5 Å². The molecule has 0 bridgehead atoms. The lowest BCUT2D eigenvalue weighted by Gasteiger charge is -2.49. The molecule has 0 aromatic heterocycles. The normalized spacial score (nSPS) is 25.9. The van der Waals surface area contributed by atoms with E-state index < -0.39 is 21.5 Å². The molecule has 106 valence electrons. The first-order valence-corrected chi connectivity index (χ1v) is 7.76. The number of nitrogens with two attached hydrogens (primary N) is 1. The van der Waals surface area contributed by atoms with Gasteiger partial charge in [-0.15, -0.1) is 0 Å². The Hall–Kier alpha value is -0.820. The Balaban J connectivity index is 2.27. The Bertz CT molecular complexity index is 601. The number of anilines is 1. The van der Waals surface area contributed by atoms with Crippen LogP contribution in [-0.4, -0.2) is 25.7 Å². The smallest absolute Gasteiger partial charge is 0.242 e. The van der Waals surface area contributed by atoms with E-state index in [-0.39, 0.29) is 16.6 Å². The number of rotatable bonds is 3. The highest BCUT2D eigenvalue weighted by atomic mass is 35.5. The number of nitrogens with one attached hydrogen (secondary N) is 1. The second-order valence-electron chi connectivity index (χ2n) is 5.43. The SMILES string of the molecule is CC1(C)C(O)CC1NS(=O)(=O)c1cc(Cl)ccc1N. The fraction of sp³-hybridized carbons (Fsp3) is 0.500. The summed E-state index contributed by atoms with van der Waals surface area (Å²) < 4.78 is 27.1. The summed E-state index contributed by atoms with van der Waals surface area (Å²) in [4.78, 5) is -0.0304. The van der Waals surface area contributed by atoms with Crippen molar-refractivity contribution in [1.29, 1.82) is 0 Å². The summed E-state index contributed by atoms with van der Waals surface area (Å²) in [6, 6.07) is 4.00. The second-order valence-corrected chi connectivity index (χ2v) is 7.55. The Morgan fingerprint density at radius 2 is 2.11 bits per heavy atom. The van der Waals surface area contributed by atoms with Crippen molar-refractivity contribution in [1.82, 2.24) is 4.72 Å². The molecule has 0 spiro atoms. The van der Waals surface area contributed by atoms with Crippen molar-refractivity contribution >= 4 is 27.3 Å². The van der Waals surface area contributed by atoms with Crippen LogP contribution in [0.25, 0.3) is 0 Å².